The van der Waals surface area contributed by atoms with Crippen molar-refractivity contribution in [2.75, 3.05) is 0 Å². The molecule has 0 aromatic heterocycles. The summed E-state index contributed by atoms with van der Waals surface area (Å²) in [4.78, 5) is 12.2. The molecule has 22 heavy (non-hydrogen) atoms. The number of esters is 1. The van der Waals surface area contributed by atoms with Gasteiger partial charge in [0.25, 0.3) is 0 Å². The van der Waals surface area contributed by atoms with Crippen LogP contribution in [0.2, 0.25) is 0 Å². The summed E-state index contributed by atoms with van der Waals surface area (Å²) in [6, 6.07) is 14.9. The van der Waals surface area contributed by atoms with Crippen molar-refractivity contribution in [2.45, 2.75) is 32.6 Å². The average Bonchev–Trinajstić information content (AvgIpc) is 2.55. The van der Waals surface area contributed by atoms with Crippen LogP contribution in [0, 0.1) is 0 Å². The Hall–Kier alpha value is -2.35. The van der Waals surface area contributed by atoms with E-state index in [9.17, 15) is 4.79 Å². The Morgan fingerprint density at radius 3 is 2.18 bits per heavy atom. The van der Waals surface area contributed by atoms with Crippen molar-refractivity contribution in [1.29, 1.82) is 0 Å². The molecule has 0 amide bonds. The lowest BCUT2D eigenvalue weighted by molar-refractivity contribution is 0.0734. The maximum atomic E-state index is 12.2. The zero-order valence-corrected chi connectivity index (χ0v) is 13.4. The molecule has 0 heterocycles. The molecular weight excluding hydrogens is 272 g/mol. The minimum Gasteiger partial charge on any atom is -0.423 e. The van der Waals surface area contributed by atoms with Crippen LogP contribution in [0.15, 0.2) is 55.1 Å². The quantitative estimate of drug-likeness (QED) is 0.557. The van der Waals surface area contributed by atoms with Crippen molar-refractivity contribution in [3.63, 3.8) is 0 Å². The molecule has 0 saturated carbocycles. The van der Waals surface area contributed by atoms with Crippen molar-refractivity contribution in [1.82, 2.24) is 0 Å². The summed E-state index contributed by atoms with van der Waals surface area (Å²) in [7, 11) is 0. The second kappa shape index (κ2) is 6.61. The fraction of sp³-hybridized carbons (Fsp3) is 0.250. The summed E-state index contributed by atoms with van der Waals surface area (Å²) in [6.07, 6.45) is 2.80. The van der Waals surface area contributed by atoms with Gasteiger partial charge in [-0.3, -0.25) is 0 Å². The summed E-state index contributed by atoms with van der Waals surface area (Å²) in [6.45, 7) is 10.2. The minimum atomic E-state index is -0.341. The topological polar surface area (TPSA) is 26.3 Å². The van der Waals surface area contributed by atoms with Crippen molar-refractivity contribution in [3.8, 4) is 5.75 Å². The van der Waals surface area contributed by atoms with Crippen LogP contribution >= 0.6 is 0 Å². The summed E-state index contributed by atoms with van der Waals surface area (Å²) < 4.78 is 5.38. The molecule has 0 unspecified atom stereocenters. The van der Waals surface area contributed by atoms with Crippen LogP contribution in [0.3, 0.4) is 0 Å². The lowest BCUT2D eigenvalue weighted by Gasteiger charge is -2.23. The van der Waals surface area contributed by atoms with Crippen LogP contribution < -0.4 is 4.74 Å². The molecule has 0 aliphatic heterocycles. The molecule has 0 N–H and O–H groups in total. The van der Waals surface area contributed by atoms with E-state index in [1.807, 2.05) is 36.4 Å². The van der Waals surface area contributed by atoms with Crippen LogP contribution in [0.5, 0.6) is 5.75 Å². The molecule has 2 aromatic rings. The molecular formula is C20H22O2. The van der Waals surface area contributed by atoms with E-state index in [2.05, 4.69) is 27.4 Å². The maximum absolute atomic E-state index is 12.2. The molecule has 0 spiro atoms. The third-order valence-corrected chi connectivity index (χ3v) is 4.11. The monoisotopic (exact) mass is 294 g/mol. The van der Waals surface area contributed by atoms with E-state index in [1.165, 1.54) is 5.56 Å². The maximum Gasteiger partial charge on any atom is 0.343 e. The lowest BCUT2D eigenvalue weighted by Crippen LogP contribution is -2.16. The lowest BCUT2D eigenvalue weighted by atomic mass is 9.82. The van der Waals surface area contributed by atoms with Crippen molar-refractivity contribution >= 4 is 12.0 Å². The Labute approximate surface area is 132 Å². The summed E-state index contributed by atoms with van der Waals surface area (Å²) in [5, 5.41) is 0. The number of hydrogen-bond donors (Lipinski definition) is 0. The third kappa shape index (κ3) is 3.64. The minimum absolute atomic E-state index is 0.114. The van der Waals surface area contributed by atoms with Crippen LogP contribution in [-0.2, 0) is 5.41 Å². The first-order chi connectivity index (χ1) is 10.5. The van der Waals surface area contributed by atoms with Gasteiger partial charge >= 0.3 is 5.97 Å². The van der Waals surface area contributed by atoms with E-state index < -0.39 is 0 Å². The van der Waals surface area contributed by atoms with Gasteiger partial charge in [0.05, 0.1) is 5.56 Å². The van der Waals surface area contributed by atoms with Gasteiger partial charge in [-0.1, -0.05) is 57.7 Å². The van der Waals surface area contributed by atoms with Crippen LogP contribution in [0.4, 0.5) is 0 Å². The number of carbonyl (C=O) groups excluding carboxylic acids is 1. The van der Waals surface area contributed by atoms with Gasteiger partial charge in [0.15, 0.2) is 0 Å². The highest BCUT2D eigenvalue weighted by molar-refractivity contribution is 5.91. The molecule has 0 aliphatic rings. The molecule has 2 rings (SSSR count). The van der Waals surface area contributed by atoms with E-state index in [4.69, 9.17) is 4.74 Å². The van der Waals surface area contributed by atoms with E-state index in [-0.39, 0.29) is 11.4 Å². The van der Waals surface area contributed by atoms with Gasteiger partial charge < -0.3 is 4.74 Å². The third-order valence-electron chi connectivity index (χ3n) is 4.11. The van der Waals surface area contributed by atoms with E-state index >= 15 is 0 Å². The summed E-state index contributed by atoms with van der Waals surface area (Å²) >= 11 is 0. The van der Waals surface area contributed by atoms with Crippen molar-refractivity contribution in [2.24, 2.45) is 0 Å². The first-order valence-corrected chi connectivity index (χ1v) is 7.51. The molecule has 0 bridgehead atoms. The predicted octanol–water partition coefficient (Wildman–Crippen LogP) is 5.24. The number of benzene rings is 2. The summed E-state index contributed by atoms with van der Waals surface area (Å²) in [5.74, 6) is 0.195. The largest absolute Gasteiger partial charge is 0.423 e. The van der Waals surface area contributed by atoms with Gasteiger partial charge in [-0.05, 0) is 47.2 Å². The van der Waals surface area contributed by atoms with Crippen molar-refractivity contribution in [3.05, 3.63) is 71.8 Å². The molecule has 2 aromatic carbocycles. The van der Waals surface area contributed by atoms with Gasteiger partial charge in [0.2, 0.25) is 0 Å². The van der Waals surface area contributed by atoms with E-state index in [0.717, 1.165) is 12.0 Å². The van der Waals surface area contributed by atoms with Gasteiger partial charge in [0, 0.05) is 0 Å². The molecule has 0 saturated heterocycles. The van der Waals surface area contributed by atoms with E-state index in [0.29, 0.717) is 11.3 Å². The highest BCUT2D eigenvalue weighted by Crippen LogP contribution is 2.26. The van der Waals surface area contributed by atoms with Crippen LogP contribution in [-0.4, -0.2) is 5.97 Å². The van der Waals surface area contributed by atoms with Gasteiger partial charge in [-0.2, -0.15) is 0 Å². The SMILES string of the molecule is C=Cc1ccc(OC(=O)c2ccc(C(C)(C)CC)cc2)cc1. The van der Waals surface area contributed by atoms with E-state index in [1.54, 1.807) is 18.2 Å². The van der Waals surface area contributed by atoms with Crippen LogP contribution in [0.25, 0.3) is 6.08 Å². The van der Waals surface area contributed by atoms with Gasteiger partial charge in [-0.15, -0.1) is 0 Å². The molecule has 0 fully saturated rings. The Morgan fingerprint density at radius 2 is 1.68 bits per heavy atom. The second-order valence-electron chi connectivity index (χ2n) is 5.98. The van der Waals surface area contributed by atoms with Gasteiger partial charge in [-0.25, -0.2) is 4.79 Å². The Bertz CT molecular complexity index is 649. The number of hydrogen-bond acceptors (Lipinski definition) is 2. The Balaban J connectivity index is 2.10. The molecule has 2 heteroatoms. The second-order valence-corrected chi connectivity index (χ2v) is 5.98. The predicted molar refractivity (Wildman–Crippen MR) is 91.3 cm³/mol. The zero-order valence-electron chi connectivity index (χ0n) is 13.4. The Kier molecular flexibility index (Phi) is 4.81. The van der Waals surface area contributed by atoms with Gasteiger partial charge in [0.1, 0.15) is 5.75 Å². The summed E-state index contributed by atoms with van der Waals surface area (Å²) in [5.41, 5.74) is 2.89. The number of carbonyl (C=O) groups is 1. The Morgan fingerprint density at radius 1 is 1.09 bits per heavy atom. The zero-order chi connectivity index (χ0) is 16.2. The molecule has 0 atom stereocenters. The highest BCUT2D eigenvalue weighted by atomic mass is 16.5. The average molecular weight is 294 g/mol. The number of rotatable bonds is 5. The normalized spacial score (nSPS) is 11.0. The molecule has 0 radical (unpaired) electrons. The standard InChI is InChI=1S/C20H22O2/c1-5-15-7-13-18(14-8-15)22-19(21)16-9-11-17(12-10-16)20(3,4)6-2/h5,7-14H,1,6H2,2-4H3. The molecule has 0 aliphatic carbocycles. The first-order valence-electron chi connectivity index (χ1n) is 7.51. The smallest absolute Gasteiger partial charge is 0.343 e. The van der Waals surface area contributed by atoms with Crippen molar-refractivity contribution < 1.29 is 9.53 Å². The number of ether oxygens (including phenoxy) is 1. The molecule has 114 valence electrons. The highest BCUT2D eigenvalue weighted by Gasteiger charge is 2.18. The van der Waals surface area contributed by atoms with Crippen LogP contribution in [0.1, 0.15) is 48.7 Å². The fourth-order valence-electron chi connectivity index (χ4n) is 2.10. The first kappa shape index (κ1) is 16.0. The molecule has 2 nitrogen and oxygen atoms in total. The fourth-order valence-corrected chi connectivity index (χ4v) is 2.10.